The van der Waals surface area contributed by atoms with Gasteiger partial charge in [-0.15, -0.1) is 0 Å². The van der Waals surface area contributed by atoms with Crippen LogP contribution in [0, 0.1) is 0 Å². The second-order valence-corrected chi connectivity index (χ2v) is 14.6. The highest BCUT2D eigenvalue weighted by atomic mass is 15.2. The van der Waals surface area contributed by atoms with Crippen LogP contribution in [0.1, 0.15) is 11.1 Å². The molecule has 0 bridgehead atoms. The van der Waals surface area contributed by atoms with Gasteiger partial charge in [-0.05, 0) is 113 Å². The fourth-order valence-corrected chi connectivity index (χ4v) is 8.78. The number of anilines is 2. The zero-order valence-electron chi connectivity index (χ0n) is 30.8. The Morgan fingerprint density at radius 1 is 0.393 bits per heavy atom. The Labute approximate surface area is 325 Å². The van der Waals surface area contributed by atoms with Crippen molar-refractivity contribution in [2.24, 2.45) is 0 Å². The third-order valence-electron chi connectivity index (χ3n) is 11.3. The smallest absolute Gasteiger partial charge is 0.0541 e. The molecule has 11 rings (SSSR count). The number of para-hydroxylation sites is 5. The van der Waals surface area contributed by atoms with Crippen LogP contribution >= 0.6 is 0 Å². The quantitative estimate of drug-likeness (QED) is 0.167. The summed E-state index contributed by atoms with van der Waals surface area (Å²) in [6.07, 6.45) is 7.62. The monoisotopic (exact) mass is 715 g/mol. The summed E-state index contributed by atoms with van der Waals surface area (Å²) in [6.45, 7) is 0. The molecule has 3 heterocycles. The number of hydrogen-bond donors (Lipinski definition) is 0. The number of allylic oxidation sites excluding steroid dienone is 3. The third kappa shape index (κ3) is 5.28. The van der Waals surface area contributed by atoms with Gasteiger partial charge in [-0.1, -0.05) is 121 Å². The van der Waals surface area contributed by atoms with Crippen LogP contribution in [-0.4, -0.2) is 9.13 Å². The first-order valence-electron chi connectivity index (χ1n) is 19.3. The summed E-state index contributed by atoms with van der Waals surface area (Å²) in [6, 6.07) is 70.3. The van der Waals surface area contributed by atoms with Crippen LogP contribution < -0.4 is 4.90 Å². The summed E-state index contributed by atoms with van der Waals surface area (Å²) in [5.41, 5.74) is 15.8. The van der Waals surface area contributed by atoms with Gasteiger partial charge in [-0.2, -0.15) is 0 Å². The van der Waals surface area contributed by atoms with Gasteiger partial charge in [0.1, 0.15) is 0 Å². The van der Waals surface area contributed by atoms with Gasteiger partial charge in [0.05, 0.1) is 22.1 Å². The maximum Gasteiger partial charge on any atom is 0.0541 e. The maximum atomic E-state index is 2.40. The summed E-state index contributed by atoms with van der Waals surface area (Å²) in [5, 5.41) is 4.99. The lowest BCUT2D eigenvalue weighted by Crippen LogP contribution is -2.11. The zero-order chi connectivity index (χ0) is 37.0. The van der Waals surface area contributed by atoms with E-state index in [1.807, 2.05) is 0 Å². The van der Waals surface area contributed by atoms with Gasteiger partial charge in [0.2, 0.25) is 0 Å². The molecule has 0 spiro atoms. The lowest BCUT2D eigenvalue weighted by Gasteiger charge is -2.21. The van der Waals surface area contributed by atoms with Crippen LogP contribution in [0.2, 0.25) is 0 Å². The molecule has 3 heteroatoms. The second-order valence-electron chi connectivity index (χ2n) is 14.6. The molecule has 1 aliphatic rings. The Bertz CT molecular complexity index is 3150. The molecule has 8 aromatic carbocycles. The van der Waals surface area contributed by atoms with Crippen molar-refractivity contribution in [3.63, 3.8) is 0 Å². The van der Waals surface area contributed by atoms with E-state index in [1.54, 1.807) is 0 Å². The van der Waals surface area contributed by atoms with E-state index in [1.165, 1.54) is 88.6 Å². The van der Waals surface area contributed by atoms with Gasteiger partial charge in [0.25, 0.3) is 0 Å². The molecule has 264 valence electrons. The summed E-state index contributed by atoms with van der Waals surface area (Å²) in [4.78, 5) is 2.38. The minimum atomic E-state index is 0.903. The van der Waals surface area contributed by atoms with Crippen LogP contribution in [0.5, 0.6) is 0 Å². The van der Waals surface area contributed by atoms with E-state index in [2.05, 4.69) is 226 Å². The van der Waals surface area contributed by atoms with E-state index in [0.717, 1.165) is 12.1 Å². The molecule has 0 atom stereocenters. The Morgan fingerprint density at radius 3 is 1.55 bits per heavy atom. The zero-order valence-corrected chi connectivity index (χ0v) is 30.8. The van der Waals surface area contributed by atoms with Crippen LogP contribution in [0.15, 0.2) is 212 Å². The highest BCUT2D eigenvalue weighted by Gasteiger charge is 2.24. The molecule has 0 saturated carbocycles. The molecular formula is C53H37N3. The first-order chi connectivity index (χ1) is 27.8. The molecule has 2 aromatic heterocycles. The molecule has 10 aromatic rings. The van der Waals surface area contributed by atoms with Crippen molar-refractivity contribution in [1.82, 2.24) is 9.13 Å². The fourth-order valence-electron chi connectivity index (χ4n) is 8.78. The predicted molar refractivity (Wildman–Crippen MR) is 236 cm³/mol. The molecule has 56 heavy (non-hydrogen) atoms. The minimum Gasteiger partial charge on any atom is -0.314 e. The number of rotatable bonds is 6. The van der Waals surface area contributed by atoms with Crippen LogP contribution in [0.3, 0.4) is 0 Å². The summed E-state index contributed by atoms with van der Waals surface area (Å²) in [7, 11) is 0. The molecule has 0 fully saturated rings. The van der Waals surface area contributed by atoms with Crippen molar-refractivity contribution in [3.8, 4) is 22.5 Å². The molecule has 0 amide bonds. The summed E-state index contributed by atoms with van der Waals surface area (Å²) < 4.78 is 4.77. The van der Waals surface area contributed by atoms with E-state index in [4.69, 9.17) is 0 Å². The van der Waals surface area contributed by atoms with E-state index in [0.29, 0.717) is 0 Å². The predicted octanol–water partition coefficient (Wildman–Crippen LogP) is 13.8. The summed E-state index contributed by atoms with van der Waals surface area (Å²) >= 11 is 0. The standard InChI is InChI=1S/C53H37N3/c1-4-17-41(18-5-1)54-44(34-40-16-10-12-25-49(40)54)23-14-15-37-27-30-51-46(33-37)48-36-39(29-32-53(48)56(51)43-21-8-3-9-22-43)38-28-31-52-47(35-38)45-24-11-13-26-50(45)55(52)42-19-6-2-7-20-42/h1-33,35-36H,34H2/b15-14+,44-23+. The first-order valence-corrected chi connectivity index (χ1v) is 19.3. The number of hydrogen-bond acceptors (Lipinski definition) is 1. The SMILES string of the molecule is C(=C\c1ccc2c(c1)c1cc(-c3ccc4c(c3)c3ccccc3n4-c3ccccc3)ccc1n2-c1ccccc1)/C=C1\Cc2ccccc2N1c1ccccc1. The van der Waals surface area contributed by atoms with Crippen molar-refractivity contribution in [2.45, 2.75) is 6.42 Å². The minimum absolute atomic E-state index is 0.903. The molecule has 1 aliphatic heterocycles. The van der Waals surface area contributed by atoms with Crippen molar-refractivity contribution in [1.29, 1.82) is 0 Å². The first kappa shape index (κ1) is 32.1. The topological polar surface area (TPSA) is 13.1 Å². The lowest BCUT2D eigenvalue weighted by molar-refractivity contribution is 1.15. The van der Waals surface area contributed by atoms with Gasteiger partial charge >= 0.3 is 0 Å². The molecule has 0 unspecified atom stereocenters. The Hall–Kier alpha value is -7.36. The van der Waals surface area contributed by atoms with Gasteiger partial charge in [-0.3, -0.25) is 0 Å². The van der Waals surface area contributed by atoms with Crippen LogP contribution in [-0.2, 0) is 6.42 Å². The van der Waals surface area contributed by atoms with Crippen molar-refractivity contribution in [2.75, 3.05) is 4.90 Å². The maximum absolute atomic E-state index is 2.40. The number of nitrogens with zero attached hydrogens (tertiary/aromatic N) is 3. The molecule has 0 aliphatic carbocycles. The van der Waals surface area contributed by atoms with Gasteiger partial charge < -0.3 is 14.0 Å². The van der Waals surface area contributed by atoms with Gasteiger partial charge in [-0.25, -0.2) is 0 Å². The molecule has 0 radical (unpaired) electrons. The average molecular weight is 716 g/mol. The van der Waals surface area contributed by atoms with Crippen molar-refractivity contribution >= 4 is 61.1 Å². The molecule has 0 N–H and O–H groups in total. The fraction of sp³-hybridized carbons (Fsp3) is 0.0189. The van der Waals surface area contributed by atoms with E-state index >= 15 is 0 Å². The number of benzene rings is 8. The Morgan fingerprint density at radius 2 is 0.893 bits per heavy atom. The van der Waals surface area contributed by atoms with Gasteiger partial charge in [0, 0.05) is 56.4 Å². The Balaban J connectivity index is 1.03. The largest absolute Gasteiger partial charge is 0.314 e. The number of fused-ring (bicyclic) bond motifs is 7. The lowest BCUT2D eigenvalue weighted by atomic mass is 10.00. The van der Waals surface area contributed by atoms with Crippen LogP contribution in [0.25, 0.3) is 72.2 Å². The number of aromatic nitrogens is 2. The van der Waals surface area contributed by atoms with Gasteiger partial charge in [0.15, 0.2) is 0 Å². The van der Waals surface area contributed by atoms with Crippen molar-refractivity contribution < 1.29 is 0 Å². The molecule has 3 nitrogen and oxygen atoms in total. The second kappa shape index (κ2) is 13.2. The van der Waals surface area contributed by atoms with E-state index < -0.39 is 0 Å². The molecular weight excluding hydrogens is 679 g/mol. The Kier molecular flexibility index (Phi) is 7.56. The van der Waals surface area contributed by atoms with Crippen molar-refractivity contribution in [3.05, 3.63) is 223 Å². The van der Waals surface area contributed by atoms with E-state index in [9.17, 15) is 0 Å². The molecule has 0 saturated heterocycles. The highest BCUT2D eigenvalue weighted by molar-refractivity contribution is 6.13. The average Bonchev–Trinajstić information content (AvgIpc) is 3.91. The normalized spacial score (nSPS) is 13.6. The highest BCUT2D eigenvalue weighted by Crippen LogP contribution is 2.41. The van der Waals surface area contributed by atoms with E-state index in [-0.39, 0.29) is 0 Å². The third-order valence-corrected chi connectivity index (χ3v) is 11.3. The van der Waals surface area contributed by atoms with Crippen LogP contribution in [0.4, 0.5) is 11.4 Å². The summed E-state index contributed by atoms with van der Waals surface area (Å²) in [5.74, 6) is 0.